The molecule has 0 aliphatic carbocycles. The Morgan fingerprint density at radius 3 is 2.58 bits per heavy atom. The maximum Gasteiger partial charge on any atom is 0.262 e. The van der Waals surface area contributed by atoms with Gasteiger partial charge in [0.25, 0.3) is 5.91 Å². The zero-order valence-electron chi connectivity index (χ0n) is 16.9. The van der Waals surface area contributed by atoms with Gasteiger partial charge in [-0.15, -0.1) is 11.3 Å². The smallest absolute Gasteiger partial charge is 0.262 e. The number of carbonyl (C=O) groups is 2. The summed E-state index contributed by atoms with van der Waals surface area (Å²) in [7, 11) is 0. The molecule has 0 aliphatic heterocycles. The van der Waals surface area contributed by atoms with Crippen molar-refractivity contribution in [3.8, 4) is 0 Å². The second-order valence-electron chi connectivity index (χ2n) is 7.32. The van der Waals surface area contributed by atoms with Crippen molar-refractivity contribution in [2.75, 3.05) is 0 Å². The predicted octanol–water partition coefficient (Wildman–Crippen LogP) is 5.21. The van der Waals surface area contributed by atoms with Gasteiger partial charge in [-0.05, 0) is 41.6 Å². The number of amides is 2. The lowest BCUT2D eigenvalue weighted by atomic mass is 10.0. The zero-order valence-corrected chi connectivity index (χ0v) is 19.3. The number of para-hydroxylation sites is 1. The number of fused-ring (bicyclic) bond motifs is 1. The van der Waals surface area contributed by atoms with Crippen LogP contribution in [0, 0.1) is 0 Å². The molecule has 1 unspecified atom stereocenters. The van der Waals surface area contributed by atoms with Crippen LogP contribution in [0.25, 0.3) is 10.9 Å². The topological polar surface area (TPSA) is 74.0 Å². The molecule has 0 spiro atoms. The van der Waals surface area contributed by atoms with Gasteiger partial charge in [-0.25, -0.2) is 0 Å². The van der Waals surface area contributed by atoms with E-state index in [2.05, 4.69) is 31.5 Å². The van der Waals surface area contributed by atoms with Crippen LogP contribution in [0.2, 0.25) is 0 Å². The number of H-pyrrole nitrogens is 1. The zero-order chi connectivity index (χ0) is 21.8. The number of hydrogen-bond acceptors (Lipinski definition) is 3. The highest BCUT2D eigenvalue weighted by molar-refractivity contribution is 9.10. The number of nitrogens with one attached hydrogen (secondary N) is 3. The monoisotopic (exact) mass is 495 g/mol. The van der Waals surface area contributed by atoms with Gasteiger partial charge < -0.3 is 15.6 Å². The third-order valence-electron chi connectivity index (χ3n) is 5.20. The van der Waals surface area contributed by atoms with E-state index in [1.807, 2.05) is 73.1 Å². The number of thiophene rings is 1. The molecule has 4 aromatic rings. The van der Waals surface area contributed by atoms with Crippen LogP contribution >= 0.6 is 27.3 Å². The fourth-order valence-corrected chi connectivity index (χ4v) is 4.84. The van der Waals surface area contributed by atoms with E-state index in [0.29, 0.717) is 11.3 Å². The van der Waals surface area contributed by atoms with Crippen LogP contribution in [0.5, 0.6) is 0 Å². The van der Waals surface area contributed by atoms with Gasteiger partial charge in [-0.1, -0.05) is 58.4 Å². The normalized spacial score (nSPS) is 13.0. The van der Waals surface area contributed by atoms with E-state index in [4.69, 9.17) is 0 Å². The van der Waals surface area contributed by atoms with Crippen molar-refractivity contribution in [3.63, 3.8) is 0 Å². The molecule has 158 valence electrons. The second kappa shape index (κ2) is 9.49. The minimum atomic E-state index is -0.709. The van der Waals surface area contributed by atoms with Crippen molar-refractivity contribution in [3.05, 3.63) is 92.7 Å². The summed E-state index contributed by atoms with van der Waals surface area (Å²) >= 11 is 4.89. The molecule has 7 heteroatoms. The largest absolute Gasteiger partial charge is 0.361 e. The van der Waals surface area contributed by atoms with Gasteiger partial charge in [0.15, 0.2) is 0 Å². The molecule has 2 heterocycles. The van der Waals surface area contributed by atoms with Crippen LogP contribution in [-0.4, -0.2) is 22.8 Å². The minimum absolute atomic E-state index is 0.216. The summed E-state index contributed by atoms with van der Waals surface area (Å²) in [6.07, 6.45) is 2.29. The SMILES string of the molecule is CC(NC(=O)[C@H](Cc1c[nH]c2ccccc12)NC(=O)c1cccs1)c1ccccc1Br. The quantitative estimate of drug-likeness (QED) is 0.329. The van der Waals surface area contributed by atoms with Gasteiger partial charge in [-0.3, -0.25) is 9.59 Å². The van der Waals surface area contributed by atoms with Crippen LogP contribution in [0.15, 0.2) is 76.7 Å². The molecule has 4 rings (SSSR count). The Morgan fingerprint density at radius 2 is 1.81 bits per heavy atom. The fraction of sp³-hybridized carbons (Fsp3) is 0.167. The number of benzene rings is 2. The molecule has 0 saturated heterocycles. The van der Waals surface area contributed by atoms with Crippen LogP contribution < -0.4 is 10.6 Å². The van der Waals surface area contributed by atoms with Crippen LogP contribution in [0.1, 0.15) is 33.8 Å². The number of aromatic nitrogens is 1. The number of aromatic amines is 1. The van der Waals surface area contributed by atoms with E-state index in [-0.39, 0.29) is 17.9 Å². The third-order valence-corrected chi connectivity index (χ3v) is 6.79. The average Bonchev–Trinajstić information content (AvgIpc) is 3.44. The summed E-state index contributed by atoms with van der Waals surface area (Å²) in [4.78, 5) is 29.8. The molecule has 5 nitrogen and oxygen atoms in total. The maximum atomic E-state index is 13.3. The predicted molar refractivity (Wildman–Crippen MR) is 128 cm³/mol. The lowest BCUT2D eigenvalue weighted by Crippen LogP contribution is -2.48. The summed E-state index contributed by atoms with van der Waals surface area (Å²) in [5.74, 6) is -0.470. The Kier molecular flexibility index (Phi) is 6.53. The highest BCUT2D eigenvalue weighted by atomic mass is 79.9. The first-order valence-electron chi connectivity index (χ1n) is 9.97. The van der Waals surface area contributed by atoms with Crippen LogP contribution in [-0.2, 0) is 11.2 Å². The number of carbonyl (C=O) groups excluding carboxylic acids is 2. The van der Waals surface area contributed by atoms with Crippen molar-refractivity contribution in [2.24, 2.45) is 0 Å². The molecule has 3 N–H and O–H groups in total. The van der Waals surface area contributed by atoms with Crippen molar-refractivity contribution >= 4 is 50.0 Å². The number of rotatable bonds is 7. The summed E-state index contributed by atoms with van der Waals surface area (Å²) in [5.41, 5.74) is 2.96. The number of halogens is 1. The van der Waals surface area contributed by atoms with E-state index < -0.39 is 6.04 Å². The summed E-state index contributed by atoms with van der Waals surface area (Å²) < 4.78 is 0.929. The summed E-state index contributed by atoms with van der Waals surface area (Å²) in [6.45, 7) is 1.93. The highest BCUT2D eigenvalue weighted by Crippen LogP contribution is 2.24. The molecule has 2 atom stereocenters. The highest BCUT2D eigenvalue weighted by Gasteiger charge is 2.25. The van der Waals surface area contributed by atoms with E-state index in [1.165, 1.54) is 11.3 Å². The van der Waals surface area contributed by atoms with Crippen LogP contribution in [0.3, 0.4) is 0 Å². The summed E-state index contributed by atoms with van der Waals surface area (Å²) in [5, 5.41) is 8.88. The molecule has 0 bridgehead atoms. The standard InChI is InChI=1S/C24H22BrN3O2S/c1-15(17-7-2-4-9-19(17)25)27-23(29)21(28-24(30)22-11-6-12-31-22)13-16-14-26-20-10-5-3-8-18(16)20/h2-12,14-15,21,26H,13H2,1H3,(H,27,29)(H,28,30)/t15?,21-/m0/s1. The maximum absolute atomic E-state index is 13.3. The Labute approximate surface area is 193 Å². The van der Waals surface area contributed by atoms with Gasteiger partial charge in [0.05, 0.1) is 10.9 Å². The lowest BCUT2D eigenvalue weighted by molar-refractivity contribution is -0.123. The Balaban J connectivity index is 1.57. The van der Waals surface area contributed by atoms with Crippen molar-refractivity contribution in [2.45, 2.75) is 25.4 Å². The first-order valence-corrected chi connectivity index (χ1v) is 11.6. The Hall–Kier alpha value is -2.90. The molecule has 0 radical (unpaired) electrons. The third kappa shape index (κ3) is 4.89. The van der Waals surface area contributed by atoms with Crippen molar-refractivity contribution in [1.29, 1.82) is 0 Å². The molecule has 0 saturated carbocycles. The fourth-order valence-electron chi connectivity index (χ4n) is 3.58. The number of hydrogen-bond donors (Lipinski definition) is 3. The first-order chi connectivity index (χ1) is 15.0. The van der Waals surface area contributed by atoms with Gasteiger partial charge >= 0.3 is 0 Å². The Bertz CT molecular complexity index is 1200. The van der Waals surface area contributed by atoms with Gasteiger partial charge in [0.2, 0.25) is 5.91 Å². The molecule has 2 amide bonds. The molecule has 31 heavy (non-hydrogen) atoms. The van der Waals surface area contributed by atoms with E-state index in [0.717, 1.165) is 26.5 Å². The molecular formula is C24H22BrN3O2S. The van der Waals surface area contributed by atoms with Gasteiger partial charge in [0.1, 0.15) is 6.04 Å². The minimum Gasteiger partial charge on any atom is -0.361 e. The molecule has 2 aromatic carbocycles. The van der Waals surface area contributed by atoms with E-state index >= 15 is 0 Å². The van der Waals surface area contributed by atoms with Gasteiger partial charge in [0, 0.05) is 28.0 Å². The second-order valence-corrected chi connectivity index (χ2v) is 9.12. The van der Waals surface area contributed by atoms with Crippen LogP contribution in [0.4, 0.5) is 0 Å². The first kappa shape index (κ1) is 21.3. The molecular weight excluding hydrogens is 474 g/mol. The van der Waals surface area contributed by atoms with Gasteiger partial charge in [-0.2, -0.15) is 0 Å². The lowest BCUT2D eigenvalue weighted by Gasteiger charge is -2.22. The summed E-state index contributed by atoms with van der Waals surface area (Å²) in [6, 6.07) is 18.4. The van der Waals surface area contributed by atoms with Crippen molar-refractivity contribution in [1.82, 2.24) is 15.6 Å². The Morgan fingerprint density at radius 1 is 1.03 bits per heavy atom. The van der Waals surface area contributed by atoms with E-state index in [9.17, 15) is 9.59 Å². The van der Waals surface area contributed by atoms with E-state index in [1.54, 1.807) is 6.07 Å². The van der Waals surface area contributed by atoms with Crippen molar-refractivity contribution < 1.29 is 9.59 Å². The molecule has 0 aliphatic rings. The average molecular weight is 496 g/mol. The molecule has 0 fully saturated rings. The molecule has 2 aromatic heterocycles.